The number of hydrogen-bond donors (Lipinski definition) is 2. The quantitative estimate of drug-likeness (QED) is 0.836. The van der Waals surface area contributed by atoms with Crippen LogP contribution in [0.2, 0.25) is 0 Å². The first-order valence-electron chi connectivity index (χ1n) is 7.63. The zero-order valence-electron chi connectivity index (χ0n) is 13.2. The topological polar surface area (TPSA) is 75.3 Å². The molecule has 1 aliphatic carbocycles. The van der Waals surface area contributed by atoms with Crippen molar-refractivity contribution in [3.05, 3.63) is 60.2 Å². The molecular formula is C18H18N2O3S. The molecule has 0 aromatic heterocycles. The average Bonchev–Trinajstić information content (AvgIpc) is 3.36. The van der Waals surface area contributed by atoms with Crippen LogP contribution < -0.4 is 10.6 Å². The van der Waals surface area contributed by atoms with E-state index in [9.17, 15) is 13.8 Å². The van der Waals surface area contributed by atoms with E-state index in [1.54, 1.807) is 30.5 Å². The Morgan fingerprint density at radius 3 is 2.33 bits per heavy atom. The highest BCUT2D eigenvalue weighted by molar-refractivity contribution is 7.84. The number of carbonyl (C=O) groups is 2. The summed E-state index contributed by atoms with van der Waals surface area (Å²) in [5.41, 5.74) is 1.03. The van der Waals surface area contributed by atoms with Gasteiger partial charge in [0.05, 0.1) is 5.54 Å². The third-order valence-corrected chi connectivity index (χ3v) is 4.98. The molecule has 2 amide bonds. The van der Waals surface area contributed by atoms with Gasteiger partial charge in [0.1, 0.15) is 0 Å². The van der Waals surface area contributed by atoms with Crippen molar-refractivity contribution < 1.29 is 13.8 Å². The number of amides is 2. The van der Waals surface area contributed by atoms with Crippen molar-refractivity contribution in [2.75, 3.05) is 11.6 Å². The monoisotopic (exact) mass is 342 g/mol. The van der Waals surface area contributed by atoms with Gasteiger partial charge < -0.3 is 10.6 Å². The number of nitrogens with one attached hydrogen (secondary N) is 2. The van der Waals surface area contributed by atoms with Crippen LogP contribution in [0.15, 0.2) is 59.5 Å². The van der Waals surface area contributed by atoms with E-state index in [-0.39, 0.29) is 0 Å². The van der Waals surface area contributed by atoms with E-state index in [0.29, 0.717) is 10.6 Å². The molecule has 2 aromatic rings. The molecule has 2 aromatic carbocycles. The summed E-state index contributed by atoms with van der Waals surface area (Å²) in [6.07, 6.45) is 3.20. The van der Waals surface area contributed by atoms with E-state index in [4.69, 9.17) is 0 Å². The lowest BCUT2D eigenvalue weighted by molar-refractivity contribution is -0.136. The highest BCUT2D eigenvalue weighted by atomic mass is 32.2. The van der Waals surface area contributed by atoms with Crippen LogP contribution in [0, 0.1) is 0 Å². The molecule has 1 fully saturated rings. The van der Waals surface area contributed by atoms with E-state index in [1.165, 1.54) is 0 Å². The Labute approximate surface area is 142 Å². The van der Waals surface area contributed by atoms with Crippen molar-refractivity contribution in [1.82, 2.24) is 5.32 Å². The van der Waals surface area contributed by atoms with E-state index >= 15 is 0 Å². The van der Waals surface area contributed by atoms with Gasteiger partial charge in [-0.15, -0.1) is 0 Å². The van der Waals surface area contributed by atoms with Gasteiger partial charge in [0.15, 0.2) is 0 Å². The van der Waals surface area contributed by atoms with Gasteiger partial charge in [0, 0.05) is 27.6 Å². The Bertz CT molecular complexity index is 801. The molecule has 124 valence electrons. The second-order valence-electron chi connectivity index (χ2n) is 5.84. The van der Waals surface area contributed by atoms with Crippen molar-refractivity contribution in [3.63, 3.8) is 0 Å². The van der Waals surface area contributed by atoms with Crippen molar-refractivity contribution in [2.24, 2.45) is 0 Å². The SMILES string of the molecule is C[S@@](=O)c1cccc(NC(=O)C(=O)NC2(c3ccccc3)CC2)c1. The molecule has 1 saturated carbocycles. The molecule has 3 rings (SSSR count). The van der Waals surface area contributed by atoms with Crippen molar-refractivity contribution >= 4 is 28.3 Å². The van der Waals surface area contributed by atoms with Gasteiger partial charge in [-0.1, -0.05) is 36.4 Å². The summed E-state index contributed by atoms with van der Waals surface area (Å²) in [6.45, 7) is 0. The summed E-state index contributed by atoms with van der Waals surface area (Å²) >= 11 is 0. The molecular weight excluding hydrogens is 324 g/mol. The maximum atomic E-state index is 12.2. The molecule has 24 heavy (non-hydrogen) atoms. The van der Waals surface area contributed by atoms with Crippen LogP contribution in [-0.4, -0.2) is 22.3 Å². The summed E-state index contributed by atoms with van der Waals surface area (Å²) in [5.74, 6) is -1.39. The molecule has 0 bridgehead atoms. The zero-order chi connectivity index (χ0) is 17.2. The van der Waals surface area contributed by atoms with Crippen LogP contribution in [0.1, 0.15) is 18.4 Å². The van der Waals surface area contributed by atoms with Gasteiger partial charge in [-0.2, -0.15) is 0 Å². The molecule has 6 heteroatoms. The van der Waals surface area contributed by atoms with E-state index < -0.39 is 28.2 Å². The van der Waals surface area contributed by atoms with Crippen LogP contribution in [-0.2, 0) is 25.9 Å². The minimum absolute atomic E-state index is 0.428. The summed E-state index contributed by atoms with van der Waals surface area (Å²) in [7, 11) is -1.15. The minimum Gasteiger partial charge on any atom is -0.338 e. The van der Waals surface area contributed by atoms with Crippen LogP contribution in [0.25, 0.3) is 0 Å². The van der Waals surface area contributed by atoms with Crippen LogP contribution in [0.4, 0.5) is 5.69 Å². The summed E-state index contributed by atoms with van der Waals surface area (Å²) in [6, 6.07) is 16.3. The fourth-order valence-electron chi connectivity index (χ4n) is 2.58. The van der Waals surface area contributed by atoms with Crippen molar-refractivity contribution in [2.45, 2.75) is 23.3 Å². The normalized spacial score (nSPS) is 16.0. The van der Waals surface area contributed by atoms with Gasteiger partial charge in [-0.25, -0.2) is 0 Å². The standard InChI is InChI=1S/C18H18N2O3S/c1-24(23)15-9-5-8-14(12-15)19-16(21)17(22)20-18(10-11-18)13-6-3-2-4-7-13/h2-9,12H,10-11H2,1H3,(H,19,21)(H,20,22)/t24-/m1/s1. The second kappa shape index (κ2) is 6.57. The fraction of sp³-hybridized carbons (Fsp3) is 0.222. The Morgan fingerprint density at radius 2 is 1.71 bits per heavy atom. The van der Waals surface area contributed by atoms with Gasteiger partial charge in [-0.3, -0.25) is 13.8 Å². The molecule has 0 heterocycles. The largest absolute Gasteiger partial charge is 0.338 e. The fourth-order valence-corrected chi connectivity index (χ4v) is 3.15. The lowest BCUT2D eigenvalue weighted by Gasteiger charge is -2.17. The molecule has 5 nitrogen and oxygen atoms in total. The highest BCUT2D eigenvalue weighted by Gasteiger charge is 2.46. The molecule has 0 radical (unpaired) electrons. The third kappa shape index (κ3) is 3.54. The van der Waals surface area contributed by atoms with Gasteiger partial charge in [0.2, 0.25) is 0 Å². The first kappa shape index (κ1) is 16.4. The Kier molecular flexibility index (Phi) is 4.49. The molecule has 2 N–H and O–H groups in total. The maximum Gasteiger partial charge on any atom is 0.313 e. The van der Waals surface area contributed by atoms with Crippen molar-refractivity contribution in [1.29, 1.82) is 0 Å². The lowest BCUT2D eigenvalue weighted by atomic mass is 10.1. The van der Waals surface area contributed by atoms with Gasteiger partial charge in [0.25, 0.3) is 0 Å². The van der Waals surface area contributed by atoms with Crippen LogP contribution in [0.5, 0.6) is 0 Å². The lowest BCUT2D eigenvalue weighted by Crippen LogP contribution is -2.42. The highest BCUT2D eigenvalue weighted by Crippen LogP contribution is 2.45. The molecule has 0 unspecified atom stereocenters. The maximum absolute atomic E-state index is 12.2. The molecule has 0 spiro atoms. The van der Waals surface area contributed by atoms with E-state index in [0.717, 1.165) is 18.4 Å². The zero-order valence-corrected chi connectivity index (χ0v) is 14.1. The van der Waals surface area contributed by atoms with Crippen LogP contribution >= 0.6 is 0 Å². The number of anilines is 1. The summed E-state index contributed by atoms with van der Waals surface area (Å²) < 4.78 is 11.5. The number of rotatable bonds is 4. The molecule has 0 saturated heterocycles. The summed E-state index contributed by atoms with van der Waals surface area (Å²) in [4.78, 5) is 24.9. The number of hydrogen-bond acceptors (Lipinski definition) is 3. The summed E-state index contributed by atoms with van der Waals surface area (Å²) in [5, 5.41) is 5.38. The van der Waals surface area contributed by atoms with Crippen LogP contribution in [0.3, 0.4) is 0 Å². The molecule has 0 aliphatic heterocycles. The Hall–Kier alpha value is -2.47. The van der Waals surface area contributed by atoms with Gasteiger partial charge in [-0.05, 0) is 36.6 Å². The Morgan fingerprint density at radius 1 is 1.00 bits per heavy atom. The first-order chi connectivity index (χ1) is 11.5. The van der Waals surface area contributed by atoms with E-state index in [2.05, 4.69) is 10.6 Å². The minimum atomic E-state index is -1.15. The Balaban J connectivity index is 1.67. The third-order valence-electron chi connectivity index (χ3n) is 4.06. The van der Waals surface area contributed by atoms with E-state index in [1.807, 2.05) is 30.3 Å². The van der Waals surface area contributed by atoms with Crippen molar-refractivity contribution in [3.8, 4) is 0 Å². The number of benzene rings is 2. The smallest absolute Gasteiger partial charge is 0.313 e. The first-order valence-corrected chi connectivity index (χ1v) is 9.18. The predicted molar refractivity (Wildman–Crippen MR) is 92.9 cm³/mol. The second-order valence-corrected chi connectivity index (χ2v) is 7.22. The predicted octanol–water partition coefficient (Wildman–Crippen LogP) is 2.17. The average molecular weight is 342 g/mol. The van der Waals surface area contributed by atoms with Gasteiger partial charge >= 0.3 is 11.8 Å². The molecule has 1 atom stereocenters. The molecule has 1 aliphatic rings. The number of carbonyl (C=O) groups excluding carboxylic acids is 2.